The van der Waals surface area contributed by atoms with E-state index in [1.807, 2.05) is 0 Å². The molecule has 0 heterocycles. The van der Waals surface area contributed by atoms with Gasteiger partial charge in [0.25, 0.3) is 0 Å². The summed E-state index contributed by atoms with van der Waals surface area (Å²) >= 11 is 3.05. The standard InChI is InChI=1S/C11H6BrF3N4O/c1-6-2-8(20-11(13,14)15)3-9(12)10(6)19-18-7(4-16)5-17/h2-3,19H,1H3. The minimum Gasteiger partial charge on any atom is -0.406 e. The van der Waals surface area contributed by atoms with Crippen LogP contribution in [0.15, 0.2) is 21.7 Å². The van der Waals surface area contributed by atoms with Crippen molar-refractivity contribution in [2.24, 2.45) is 5.10 Å². The minimum atomic E-state index is -4.78. The van der Waals surface area contributed by atoms with E-state index in [4.69, 9.17) is 10.5 Å². The van der Waals surface area contributed by atoms with E-state index in [1.54, 1.807) is 12.1 Å². The molecule has 0 aromatic heterocycles. The van der Waals surface area contributed by atoms with Crippen LogP contribution in [0.25, 0.3) is 0 Å². The van der Waals surface area contributed by atoms with Gasteiger partial charge in [0, 0.05) is 4.47 Å². The summed E-state index contributed by atoms with van der Waals surface area (Å²) in [6.07, 6.45) is -4.78. The second-order valence-electron chi connectivity index (χ2n) is 3.44. The molecule has 0 bridgehead atoms. The van der Waals surface area contributed by atoms with Gasteiger partial charge in [-0.25, -0.2) is 0 Å². The molecule has 0 saturated heterocycles. The molecule has 0 aliphatic heterocycles. The van der Waals surface area contributed by atoms with E-state index in [0.29, 0.717) is 11.3 Å². The number of hydrazone groups is 1. The molecule has 1 aromatic carbocycles. The van der Waals surface area contributed by atoms with Gasteiger partial charge in [-0.15, -0.1) is 13.2 Å². The first-order valence-electron chi connectivity index (χ1n) is 4.96. The monoisotopic (exact) mass is 346 g/mol. The number of nitrogens with zero attached hydrogens (tertiary/aromatic N) is 3. The van der Waals surface area contributed by atoms with Crippen LogP contribution in [-0.2, 0) is 0 Å². The molecule has 1 rings (SSSR count). The Morgan fingerprint density at radius 2 is 1.95 bits per heavy atom. The van der Waals surface area contributed by atoms with E-state index >= 15 is 0 Å². The van der Waals surface area contributed by atoms with Crippen LogP contribution in [0.2, 0.25) is 0 Å². The molecule has 0 saturated carbocycles. The van der Waals surface area contributed by atoms with Crippen molar-refractivity contribution in [2.45, 2.75) is 13.3 Å². The van der Waals surface area contributed by atoms with E-state index in [1.165, 1.54) is 6.92 Å². The largest absolute Gasteiger partial charge is 0.573 e. The highest BCUT2D eigenvalue weighted by molar-refractivity contribution is 9.10. The molecule has 0 atom stereocenters. The van der Waals surface area contributed by atoms with Gasteiger partial charge in [-0.2, -0.15) is 15.6 Å². The number of halogens is 4. The normalized spacial score (nSPS) is 10.2. The Morgan fingerprint density at radius 1 is 1.35 bits per heavy atom. The molecule has 1 N–H and O–H groups in total. The van der Waals surface area contributed by atoms with Gasteiger partial charge in [0.15, 0.2) is 0 Å². The predicted molar refractivity (Wildman–Crippen MR) is 67.8 cm³/mol. The number of alkyl halides is 3. The van der Waals surface area contributed by atoms with E-state index in [0.717, 1.165) is 12.1 Å². The third-order valence-electron chi connectivity index (χ3n) is 1.99. The molecular weight excluding hydrogens is 341 g/mol. The first kappa shape index (κ1) is 15.8. The quantitative estimate of drug-likeness (QED) is 0.671. The molecule has 0 fully saturated rings. The lowest BCUT2D eigenvalue weighted by Gasteiger charge is -2.13. The average Bonchev–Trinajstić information content (AvgIpc) is 2.30. The smallest absolute Gasteiger partial charge is 0.406 e. The zero-order chi connectivity index (χ0) is 15.3. The fourth-order valence-corrected chi connectivity index (χ4v) is 1.86. The van der Waals surface area contributed by atoms with Crippen LogP contribution in [0, 0.1) is 29.6 Å². The first-order chi connectivity index (χ1) is 9.26. The highest BCUT2D eigenvalue weighted by Gasteiger charge is 2.31. The molecule has 5 nitrogen and oxygen atoms in total. The maximum Gasteiger partial charge on any atom is 0.573 e. The third kappa shape index (κ3) is 4.44. The molecule has 0 radical (unpaired) electrons. The molecular formula is C11H6BrF3N4O. The lowest BCUT2D eigenvalue weighted by molar-refractivity contribution is -0.274. The van der Waals surface area contributed by atoms with E-state index in [2.05, 4.69) is 31.2 Å². The van der Waals surface area contributed by atoms with E-state index in [9.17, 15) is 13.2 Å². The predicted octanol–water partition coefficient (Wildman–Crippen LogP) is 3.47. The lowest BCUT2D eigenvalue weighted by Crippen LogP contribution is -2.17. The summed E-state index contributed by atoms with van der Waals surface area (Å²) in [7, 11) is 0. The van der Waals surface area contributed by atoms with Crippen LogP contribution in [0.1, 0.15) is 5.56 Å². The molecule has 20 heavy (non-hydrogen) atoms. The Kier molecular flexibility index (Phi) is 4.94. The SMILES string of the molecule is Cc1cc(OC(F)(F)F)cc(Br)c1NN=C(C#N)C#N. The molecule has 0 amide bonds. The number of hydrogen-bond acceptors (Lipinski definition) is 5. The zero-order valence-corrected chi connectivity index (χ0v) is 11.5. The van der Waals surface area contributed by atoms with Gasteiger partial charge in [0.2, 0.25) is 5.71 Å². The summed E-state index contributed by atoms with van der Waals surface area (Å²) in [5.74, 6) is -0.391. The minimum absolute atomic E-state index is 0.246. The van der Waals surface area contributed by atoms with Crippen molar-refractivity contribution in [3.63, 3.8) is 0 Å². The number of anilines is 1. The Labute approximate surface area is 120 Å². The van der Waals surface area contributed by atoms with Crippen LogP contribution in [-0.4, -0.2) is 12.1 Å². The van der Waals surface area contributed by atoms with E-state index < -0.39 is 17.8 Å². The van der Waals surface area contributed by atoms with E-state index in [-0.39, 0.29) is 4.47 Å². The maximum absolute atomic E-state index is 12.1. The fraction of sp³-hybridized carbons (Fsp3) is 0.182. The van der Waals surface area contributed by atoms with Crippen molar-refractivity contribution in [2.75, 3.05) is 5.43 Å². The summed E-state index contributed by atoms with van der Waals surface area (Å²) in [6, 6.07) is 5.32. The summed E-state index contributed by atoms with van der Waals surface area (Å²) in [5.41, 5.74) is 2.73. The van der Waals surface area contributed by atoms with Crippen molar-refractivity contribution in [1.29, 1.82) is 10.5 Å². The van der Waals surface area contributed by atoms with Crippen LogP contribution in [0.4, 0.5) is 18.9 Å². The van der Waals surface area contributed by atoms with Crippen LogP contribution < -0.4 is 10.2 Å². The number of aryl methyl sites for hydroxylation is 1. The zero-order valence-electron chi connectivity index (χ0n) is 9.92. The number of benzene rings is 1. The molecule has 104 valence electrons. The average molecular weight is 347 g/mol. The summed E-state index contributed by atoms with van der Waals surface area (Å²) < 4.78 is 40.3. The highest BCUT2D eigenvalue weighted by Crippen LogP contribution is 2.33. The van der Waals surface area contributed by atoms with Crippen molar-refractivity contribution in [1.82, 2.24) is 0 Å². The number of ether oxygens (including phenoxy) is 1. The molecule has 1 aromatic rings. The summed E-state index contributed by atoms with van der Waals surface area (Å²) in [6.45, 7) is 1.52. The van der Waals surface area contributed by atoms with Crippen LogP contribution in [0.3, 0.4) is 0 Å². The van der Waals surface area contributed by atoms with Gasteiger partial charge in [-0.1, -0.05) is 0 Å². The second kappa shape index (κ2) is 6.26. The van der Waals surface area contributed by atoms with Gasteiger partial charge >= 0.3 is 6.36 Å². The lowest BCUT2D eigenvalue weighted by atomic mass is 10.2. The fourth-order valence-electron chi connectivity index (χ4n) is 1.23. The van der Waals surface area contributed by atoms with Gasteiger partial charge in [-0.05, 0) is 40.5 Å². The van der Waals surface area contributed by atoms with Crippen molar-refractivity contribution >= 4 is 27.3 Å². The molecule has 0 aliphatic carbocycles. The van der Waals surface area contributed by atoms with Crippen LogP contribution in [0.5, 0.6) is 5.75 Å². The summed E-state index contributed by atoms with van der Waals surface area (Å²) in [5, 5.41) is 20.5. The molecule has 0 aliphatic rings. The first-order valence-corrected chi connectivity index (χ1v) is 5.76. The Balaban J connectivity index is 3.05. The number of rotatable bonds is 3. The van der Waals surface area contributed by atoms with Crippen molar-refractivity contribution in [3.05, 3.63) is 22.2 Å². The second-order valence-corrected chi connectivity index (χ2v) is 4.29. The van der Waals surface area contributed by atoms with Gasteiger partial charge < -0.3 is 4.74 Å². The van der Waals surface area contributed by atoms with Crippen molar-refractivity contribution < 1.29 is 17.9 Å². The third-order valence-corrected chi connectivity index (χ3v) is 2.61. The topological polar surface area (TPSA) is 81.2 Å². The maximum atomic E-state index is 12.1. The molecule has 0 spiro atoms. The number of hydrogen-bond donors (Lipinski definition) is 1. The Morgan fingerprint density at radius 3 is 2.40 bits per heavy atom. The number of nitrogens with one attached hydrogen (secondary N) is 1. The van der Waals surface area contributed by atoms with Gasteiger partial charge in [-0.3, -0.25) is 5.43 Å². The molecule has 9 heteroatoms. The Bertz CT molecular complexity index is 589. The van der Waals surface area contributed by atoms with Gasteiger partial charge in [0.05, 0.1) is 5.69 Å². The molecule has 0 unspecified atom stereocenters. The van der Waals surface area contributed by atoms with Crippen LogP contribution >= 0.6 is 15.9 Å². The van der Waals surface area contributed by atoms with Gasteiger partial charge in [0.1, 0.15) is 17.9 Å². The number of nitriles is 2. The summed E-state index contributed by atoms with van der Waals surface area (Å²) in [4.78, 5) is 0. The van der Waals surface area contributed by atoms with Crippen molar-refractivity contribution in [3.8, 4) is 17.9 Å². The Hall–Kier alpha value is -2.26. The highest BCUT2D eigenvalue weighted by atomic mass is 79.9.